The predicted octanol–water partition coefficient (Wildman–Crippen LogP) is 2.03. The first kappa shape index (κ1) is 20.9. The Labute approximate surface area is 151 Å². The SMILES string of the molecule is CNC(=O)NC(=O)[C@H](C)OC(=O)c1cccc(NC(=O)OC(C)(C)C)c1. The molecule has 0 aliphatic carbocycles. The van der Waals surface area contributed by atoms with Gasteiger partial charge in [0.1, 0.15) is 5.60 Å². The van der Waals surface area contributed by atoms with E-state index in [1.807, 2.05) is 5.32 Å². The van der Waals surface area contributed by atoms with Gasteiger partial charge in [-0.2, -0.15) is 0 Å². The maximum absolute atomic E-state index is 12.1. The van der Waals surface area contributed by atoms with Crippen LogP contribution in [0, 0.1) is 0 Å². The van der Waals surface area contributed by atoms with Crippen LogP contribution in [0.2, 0.25) is 0 Å². The molecule has 1 rings (SSSR count). The fourth-order valence-electron chi connectivity index (χ4n) is 1.70. The Morgan fingerprint density at radius 3 is 2.35 bits per heavy atom. The number of esters is 1. The number of imide groups is 1. The number of rotatable bonds is 4. The van der Waals surface area contributed by atoms with Crippen LogP contribution >= 0.6 is 0 Å². The molecule has 142 valence electrons. The van der Waals surface area contributed by atoms with E-state index in [4.69, 9.17) is 9.47 Å². The lowest BCUT2D eigenvalue weighted by Crippen LogP contribution is -2.43. The van der Waals surface area contributed by atoms with Crippen molar-refractivity contribution in [2.75, 3.05) is 12.4 Å². The Kier molecular flexibility index (Phi) is 7.12. The molecule has 26 heavy (non-hydrogen) atoms. The van der Waals surface area contributed by atoms with Crippen molar-refractivity contribution in [2.24, 2.45) is 0 Å². The van der Waals surface area contributed by atoms with Gasteiger partial charge in [-0.15, -0.1) is 0 Å². The zero-order valence-electron chi connectivity index (χ0n) is 15.3. The highest BCUT2D eigenvalue weighted by atomic mass is 16.6. The van der Waals surface area contributed by atoms with Crippen LogP contribution in [0.1, 0.15) is 38.1 Å². The van der Waals surface area contributed by atoms with Gasteiger partial charge in [0.05, 0.1) is 5.56 Å². The number of carbonyl (C=O) groups excluding carboxylic acids is 4. The number of hydrogen-bond donors (Lipinski definition) is 3. The first-order valence-electron chi connectivity index (χ1n) is 7.85. The Morgan fingerprint density at radius 1 is 1.12 bits per heavy atom. The van der Waals surface area contributed by atoms with Crippen molar-refractivity contribution < 1.29 is 28.7 Å². The van der Waals surface area contributed by atoms with Gasteiger partial charge in [0.2, 0.25) is 0 Å². The topological polar surface area (TPSA) is 123 Å². The van der Waals surface area contributed by atoms with E-state index in [1.54, 1.807) is 32.9 Å². The summed E-state index contributed by atoms with van der Waals surface area (Å²) in [6.07, 6.45) is -1.84. The summed E-state index contributed by atoms with van der Waals surface area (Å²) in [4.78, 5) is 46.7. The minimum Gasteiger partial charge on any atom is -0.449 e. The van der Waals surface area contributed by atoms with Crippen LogP contribution in [0.25, 0.3) is 0 Å². The second kappa shape index (κ2) is 8.84. The number of ether oxygens (including phenoxy) is 2. The van der Waals surface area contributed by atoms with Crippen molar-refractivity contribution in [3.05, 3.63) is 29.8 Å². The molecular formula is C17H23N3O6. The third kappa shape index (κ3) is 7.20. The van der Waals surface area contributed by atoms with Gasteiger partial charge < -0.3 is 14.8 Å². The molecule has 0 aliphatic rings. The summed E-state index contributed by atoms with van der Waals surface area (Å²) in [7, 11) is 1.35. The van der Waals surface area contributed by atoms with Crippen molar-refractivity contribution in [2.45, 2.75) is 39.4 Å². The van der Waals surface area contributed by atoms with E-state index in [1.165, 1.54) is 26.1 Å². The van der Waals surface area contributed by atoms with Crippen LogP contribution < -0.4 is 16.0 Å². The van der Waals surface area contributed by atoms with E-state index < -0.39 is 35.7 Å². The summed E-state index contributed by atoms with van der Waals surface area (Å²) in [5.41, 5.74) is -0.205. The van der Waals surface area contributed by atoms with Gasteiger partial charge in [-0.3, -0.25) is 15.4 Å². The van der Waals surface area contributed by atoms with Gasteiger partial charge in [-0.25, -0.2) is 14.4 Å². The molecule has 0 bridgehead atoms. The van der Waals surface area contributed by atoms with Crippen molar-refractivity contribution >= 4 is 29.7 Å². The monoisotopic (exact) mass is 365 g/mol. The molecule has 1 aromatic carbocycles. The summed E-state index contributed by atoms with van der Waals surface area (Å²) < 4.78 is 10.1. The summed E-state index contributed by atoms with van der Waals surface area (Å²) in [6, 6.07) is 5.25. The largest absolute Gasteiger partial charge is 0.449 e. The Morgan fingerprint density at radius 2 is 1.77 bits per heavy atom. The van der Waals surface area contributed by atoms with Crippen LogP contribution in [0.15, 0.2) is 24.3 Å². The zero-order valence-corrected chi connectivity index (χ0v) is 15.3. The third-order valence-electron chi connectivity index (χ3n) is 2.86. The Bertz CT molecular complexity index is 696. The standard InChI is InChI=1S/C17H23N3O6/c1-10(13(21)20-15(23)18-5)25-14(22)11-7-6-8-12(9-11)19-16(24)26-17(2,3)4/h6-10H,1-5H3,(H,19,24)(H2,18,20,21,23)/t10-/m0/s1. The first-order chi connectivity index (χ1) is 12.0. The van der Waals surface area contributed by atoms with Crippen LogP contribution in [0.3, 0.4) is 0 Å². The lowest BCUT2D eigenvalue weighted by atomic mass is 10.2. The quantitative estimate of drug-likeness (QED) is 0.702. The molecule has 0 aromatic heterocycles. The molecular weight excluding hydrogens is 342 g/mol. The smallest absolute Gasteiger partial charge is 0.412 e. The van der Waals surface area contributed by atoms with Gasteiger partial charge >= 0.3 is 18.1 Å². The second-order valence-corrected chi connectivity index (χ2v) is 6.32. The van der Waals surface area contributed by atoms with Crippen molar-refractivity contribution in [3.63, 3.8) is 0 Å². The zero-order chi connectivity index (χ0) is 19.9. The first-order valence-corrected chi connectivity index (χ1v) is 7.85. The van der Waals surface area contributed by atoms with Gasteiger partial charge in [0.15, 0.2) is 6.10 Å². The predicted molar refractivity (Wildman–Crippen MR) is 93.8 cm³/mol. The third-order valence-corrected chi connectivity index (χ3v) is 2.86. The fourth-order valence-corrected chi connectivity index (χ4v) is 1.70. The molecule has 4 amide bonds. The minimum absolute atomic E-state index is 0.123. The summed E-state index contributed by atoms with van der Waals surface area (Å²) >= 11 is 0. The van der Waals surface area contributed by atoms with Gasteiger partial charge in [0.25, 0.3) is 5.91 Å². The molecule has 1 atom stereocenters. The number of carbonyl (C=O) groups is 4. The Hall–Kier alpha value is -3.10. The molecule has 0 unspecified atom stereocenters. The average Bonchev–Trinajstić information content (AvgIpc) is 2.52. The highest BCUT2D eigenvalue weighted by molar-refractivity contribution is 5.98. The number of amides is 4. The molecule has 1 aromatic rings. The molecule has 0 aliphatic heterocycles. The maximum Gasteiger partial charge on any atom is 0.412 e. The number of urea groups is 1. The summed E-state index contributed by atoms with van der Waals surface area (Å²) in [6.45, 7) is 6.52. The van der Waals surface area contributed by atoms with E-state index in [0.29, 0.717) is 5.69 Å². The van der Waals surface area contributed by atoms with Gasteiger partial charge in [0, 0.05) is 12.7 Å². The molecule has 3 N–H and O–H groups in total. The van der Waals surface area contributed by atoms with Crippen molar-refractivity contribution in [1.82, 2.24) is 10.6 Å². The number of anilines is 1. The second-order valence-electron chi connectivity index (χ2n) is 6.32. The normalized spacial score (nSPS) is 11.7. The molecule has 9 nitrogen and oxygen atoms in total. The van der Waals surface area contributed by atoms with Crippen molar-refractivity contribution in [1.29, 1.82) is 0 Å². The van der Waals surface area contributed by atoms with Crippen LogP contribution in [-0.2, 0) is 14.3 Å². The maximum atomic E-state index is 12.1. The summed E-state index contributed by atoms with van der Waals surface area (Å²) in [5.74, 6) is -1.54. The fraction of sp³-hybridized carbons (Fsp3) is 0.412. The summed E-state index contributed by atoms with van der Waals surface area (Å²) in [5, 5.41) is 6.72. The van der Waals surface area contributed by atoms with E-state index >= 15 is 0 Å². The number of hydrogen-bond acceptors (Lipinski definition) is 6. The van der Waals surface area contributed by atoms with Crippen LogP contribution in [-0.4, -0.2) is 42.8 Å². The average molecular weight is 365 g/mol. The minimum atomic E-state index is -1.18. The van der Waals surface area contributed by atoms with E-state index in [-0.39, 0.29) is 5.56 Å². The van der Waals surface area contributed by atoms with Crippen LogP contribution in [0.4, 0.5) is 15.3 Å². The molecule has 0 heterocycles. The molecule has 9 heteroatoms. The molecule has 0 saturated heterocycles. The van der Waals surface area contributed by atoms with Crippen LogP contribution in [0.5, 0.6) is 0 Å². The van der Waals surface area contributed by atoms with Gasteiger partial charge in [-0.1, -0.05) is 6.07 Å². The van der Waals surface area contributed by atoms with E-state index in [0.717, 1.165) is 0 Å². The van der Waals surface area contributed by atoms with Gasteiger partial charge in [-0.05, 0) is 45.9 Å². The highest BCUT2D eigenvalue weighted by Gasteiger charge is 2.21. The number of benzene rings is 1. The Balaban J connectivity index is 2.71. The molecule has 0 radical (unpaired) electrons. The molecule has 0 saturated carbocycles. The lowest BCUT2D eigenvalue weighted by Gasteiger charge is -2.19. The number of nitrogens with one attached hydrogen (secondary N) is 3. The van der Waals surface area contributed by atoms with Crippen molar-refractivity contribution in [3.8, 4) is 0 Å². The highest BCUT2D eigenvalue weighted by Crippen LogP contribution is 2.15. The lowest BCUT2D eigenvalue weighted by molar-refractivity contribution is -0.127. The van der Waals surface area contributed by atoms with E-state index in [9.17, 15) is 19.2 Å². The molecule has 0 fully saturated rings. The van der Waals surface area contributed by atoms with E-state index in [2.05, 4.69) is 10.6 Å². The molecule has 0 spiro atoms.